The zero-order valence-electron chi connectivity index (χ0n) is 52.2. The first-order valence-corrected chi connectivity index (χ1v) is 34.8. The molecule has 9 rings (SSSR count). The standard InChI is InChI=1S/C62H90F4O22S2/c1-31-8-13-46(82-20-22-84-55(74)61(63,64)89(76,77)78)39-28-44-53-43(30-49(87-33(3)68)60(44,7)54(31)39)58(5)19-17-38(86-32(2)67)25-36(58)27-47(53)88-51(73)15-10-34(9-14-50(72)83-21-23-85-56(75)62(65,66)90(79,80)81)40-11-12-41-52-42(29-48(71)59(40,41)6)57(4)18-16-37(69)24-35(57)26-45(52)70/h31,34-38,40-45,47-49,52-54,69-71H,8-30H2,1-7H3,(H,76,77,78)(H,79,80,81)/t31-,34+,35+,36+,37?,38?,40-,41+,42+,43+,44+,45?,47?,48?,49?,52+,53-,54+,57+,58+,59-,60-/m1/s1. The number of halogens is 4. The average Bonchev–Trinajstić information content (AvgIpc) is 1.39. The second-order valence-electron chi connectivity index (χ2n) is 28.8. The Morgan fingerprint density at radius 3 is 1.79 bits per heavy atom. The fourth-order valence-corrected chi connectivity index (χ4v) is 20.9. The highest BCUT2D eigenvalue weighted by molar-refractivity contribution is 7.88. The van der Waals surface area contributed by atoms with E-state index in [-0.39, 0.29) is 96.2 Å². The van der Waals surface area contributed by atoms with Crippen molar-refractivity contribution in [1.82, 2.24) is 0 Å². The van der Waals surface area contributed by atoms with Gasteiger partial charge in [0.05, 0.1) is 24.1 Å². The number of aliphatic hydroxyl groups excluding tert-OH is 3. The van der Waals surface area contributed by atoms with Crippen molar-refractivity contribution >= 4 is 56.1 Å². The summed E-state index contributed by atoms with van der Waals surface area (Å²) in [5, 5.41) is 24.9. The minimum Gasteiger partial charge on any atom is -0.494 e. The molecule has 0 radical (unpaired) electrons. The van der Waals surface area contributed by atoms with Crippen molar-refractivity contribution in [1.29, 1.82) is 0 Å². The van der Waals surface area contributed by atoms with Gasteiger partial charge in [-0.2, -0.15) is 34.4 Å². The molecule has 22 nitrogen and oxygen atoms in total. The van der Waals surface area contributed by atoms with Crippen LogP contribution in [0.15, 0.2) is 11.3 Å². The number of allylic oxidation sites excluding steroid dienone is 2. The van der Waals surface area contributed by atoms with Crippen molar-refractivity contribution in [2.24, 2.45) is 92.7 Å². The Labute approximate surface area is 522 Å². The molecule has 0 amide bonds. The van der Waals surface area contributed by atoms with Crippen molar-refractivity contribution in [2.45, 2.75) is 218 Å². The molecule has 9 aliphatic carbocycles. The van der Waals surface area contributed by atoms with Gasteiger partial charge in [-0.3, -0.25) is 28.3 Å². The fourth-order valence-electron chi connectivity index (χ4n) is 20.3. The van der Waals surface area contributed by atoms with Crippen LogP contribution in [0.3, 0.4) is 0 Å². The van der Waals surface area contributed by atoms with Crippen LogP contribution in [0.2, 0.25) is 0 Å². The minimum atomic E-state index is -6.16. The molecule has 8 saturated carbocycles. The number of carbonyl (C=O) groups excluding carboxylic acids is 6. The zero-order chi connectivity index (χ0) is 66.2. The third-order valence-corrected chi connectivity index (χ3v) is 26.1. The van der Waals surface area contributed by atoms with Gasteiger partial charge < -0.3 is 48.5 Å². The van der Waals surface area contributed by atoms with E-state index in [1.54, 1.807) is 0 Å². The van der Waals surface area contributed by atoms with Gasteiger partial charge in [-0.1, -0.05) is 34.6 Å². The lowest BCUT2D eigenvalue weighted by Gasteiger charge is -2.64. The molecule has 0 aromatic heterocycles. The van der Waals surface area contributed by atoms with E-state index in [1.807, 2.05) is 6.92 Å². The van der Waals surface area contributed by atoms with E-state index in [1.165, 1.54) is 13.8 Å². The van der Waals surface area contributed by atoms with Crippen LogP contribution in [-0.4, -0.2) is 151 Å². The molecular formula is C62H90F4O22S2. The van der Waals surface area contributed by atoms with Crippen LogP contribution in [0.5, 0.6) is 0 Å². The Bertz CT molecular complexity index is 3020. The first-order chi connectivity index (χ1) is 41.8. The van der Waals surface area contributed by atoms with E-state index in [9.17, 15) is 73.7 Å². The smallest absolute Gasteiger partial charge is 0.465 e. The molecule has 5 N–H and O–H groups in total. The summed E-state index contributed by atoms with van der Waals surface area (Å²) in [5.74, 6) is -9.32. The van der Waals surface area contributed by atoms with Gasteiger partial charge in [0, 0.05) is 44.4 Å². The molecule has 510 valence electrons. The number of ether oxygens (including phenoxy) is 7. The topological polar surface area (TPSA) is 336 Å². The van der Waals surface area contributed by atoms with E-state index in [0.29, 0.717) is 95.7 Å². The molecule has 0 aromatic rings. The van der Waals surface area contributed by atoms with Crippen LogP contribution in [0.25, 0.3) is 0 Å². The molecule has 0 heterocycles. The molecular weight excluding hydrogens is 1240 g/mol. The Hall–Kier alpha value is -4.22. The summed E-state index contributed by atoms with van der Waals surface area (Å²) in [4.78, 5) is 78.1. The zero-order valence-corrected chi connectivity index (χ0v) is 53.8. The molecule has 0 bridgehead atoms. The molecule has 8 fully saturated rings. The second-order valence-corrected chi connectivity index (χ2v) is 31.7. The maximum absolute atomic E-state index is 15.1. The summed E-state index contributed by atoms with van der Waals surface area (Å²) in [6, 6.07) is 0. The lowest BCUT2D eigenvalue weighted by molar-refractivity contribution is -0.225. The van der Waals surface area contributed by atoms with E-state index in [4.69, 9.17) is 32.8 Å². The average molecular weight is 1330 g/mol. The van der Waals surface area contributed by atoms with Crippen LogP contribution in [0.1, 0.15) is 170 Å². The molecule has 22 atom stereocenters. The van der Waals surface area contributed by atoms with Gasteiger partial charge >= 0.3 is 66.6 Å². The first kappa shape index (κ1) is 70.1. The Morgan fingerprint density at radius 1 is 0.611 bits per heavy atom. The second kappa shape index (κ2) is 25.8. The van der Waals surface area contributed by atoms with Crippen molar-refractivity contribution < 1.29 is 121 Å². The summed E-state index contributed by atoms with van der Waals surface area (Å²) in [6.45, 7) is 10.3. The maximum Gasteiger partial charge on any atom is 0.465 e. The quantitative estimate of drug-likeness (QED) is 0.0242. The molecule has 0 aromatic carbocycles. The van der Waals surface area contributed by atoms with Gasteiger partial charge in [0.2, 0.25) is 0 Å². The molecule has 0 aliphatic heterocycles. The molecule has 0 spiro atoms. The van der Waals surface area contributed by atoms with Crippen molar-refractivity contribution in [3.63, 3.8) is 0 Å². The van der Waals surface area contributed by atoms with Crippen LogP contribution >= 0.6 is 0 Å². The highest BCUT2D eigenvalue weighted by Crippen LogP contribution is 2.73. The molecule has 0 saturated heterocycles. The van der Waals surface area contributed by atoms with Gasteiger partial charge in [-0.05, 0) is 190 Å². The predicted octanol–water partition coefficient (Wildman–Crippen LogP) is 7.68. The van der Waals surface area contributed by atoms with Crippen molar-refractivity contribution in [3.8, 4) is 0 Å². The number of alkyl halides is 4. The van der Waals surface area contributed by atoms with Crippen molar-refractivity contribution in [3.05, 3.63) is 11.3 Å². The predicted molar refractivity (Wildman–Crippen MR) is 306 cm³/mol. The number of aliphatic hydroxyl groups is 3. The number of carbonyl (C=O) groups is 6. The van der Waals surface area contributed by atoms with Gasteiger partial charge in [0.15, 0.2) is 0 Å². The SMILES string of the molecule is CC(=O)OC1CC[C@@]2(C)[C@@H](C1)CC(OC(=O)CC[C@H](CCC(=O)OCCOC(=O)C(F)(F)S(=O)(=O)O)[C@H]1CC[C@H]3[C@@H]4C(O)C[C@@H]5CC(O)CC[C@]5(C)[C@H]4CC(O)[C@]13C)[C@@H]1[C@@H]2CC(OC(C)=O)[C@]2(C)[C@@H]3C(=C(OCCOC(=O)C(F)(F)S(=O)(=O)O)CC[C@H]3C)C[C@@H]12. The van der Waals surface area contributed by atoms with Gasteiger partial charge in [0.25, 0.3) is 0 Å². The fraction of sp³-hybridized carbons (Fsp3) is 0.871. The minimum absolute atomic E-state index is 0.0126. The molecule has 28 heteroatoms. The molecule has 90 heavy (non-hydrogen) atoms. The monoisotopic (exact) mass is 1330 g/mol. The third-order valence-electron chi connectivity index (χ3n) is 24.5. The van der Waals surface area contributed by atoms with Gasteiger partial charge in [0.1, 0.15) is 44.7 Å². The number of esters is 6. The largest absolute Gasteiger partial charge is 0.494 e. The summed E-state index contributed by atoms with van der Waals surface area (Å²) < 4.78 is 158. The molecule has 9 aliphatic rings. The van der Waals surface area contributed by atoms with Crippen LogP contribution in [0, 0.1) is 92.7 Å². The van der Waals surface area contributed by atoms with Crippen LogP contribution in [-0.2, 0) is 82.2 Å². The Morgan fingerprint density at radius 2 is 1.18 bits per heavy atom. The third kappa shape index (κ3) is 12.8. The lowest BCUT2D eigenvalue weighted by Crippen LogP contribution is -2.63. The number of hydrogen-bond donors (Lipinski definition) is 5. The Kier molecular flexibility index (Phi) is 20.1. The normalized spacial score (nSPS) is 40.1. The van der Waals surface area contributed by atoms with Crippen molar-refractivity contribution in [2.75, 3.05) is 26.4 Å². The number of fused-ring (bicyclic) bond motifs is 12. The summed E-state index contributed by atoms with van der Waals surface area (Å²) >= 11 is 0. The highest BCUT2D eigenvalue weighted by atomic mass is 32.2. The summed E-state index contributed by atoms with van der Waals surface area (Å²) in [5.41, 5.74) is -1.41. The lowest BCUT2D eigenvalue weighted by atomic mass is 9.43. The first-order valence-electron chi connectivity index (χ1n) is 31.9. The maximum atomic E-state index is 15.1. The van der Waals surface area contributed by atoms with Gasteiger partial charge in [-0.25, -0.2) is 9.59 Å². The van der Waals surface area contributed by atoms with E-state index < -0.39 is 152 Å². The Balaban J connectivity index is 0.993. The van der Waals surface area contributed by atoms with Crippen LogP contribution in [0.4, 0.5) is 17.6 Å². The number of hydrogen-bond acceptors (Lipinski definition) is 20. The molecule has 6 unspecified atom stereocenters. The summed E-state index contributed by atoms with van der Waals surface area (Å²) in [7, 11) is -12.3. The van der Waals surface area contributed by atoms with Gasteiger partial charge in [-0.15, -0.1) is 0 Å². The summed E-state index contributed by atoms with van der Waals surface area (Å²) in [6.07, 6.45) is 3.77. The van der Waals surface area contributed by atoms with Crippen LogP contribution < -0.4 is 0 Å². The highest BCUT2D eigenvalue weighted by Gasteiger charge is 2.71. The van der Waals surface area contributed by atoms with E-state index in [2.05, 4.69) is 37.2 Å². The number of rotatable bonds is 21. The van der Waals surface area contributed by atoms with E-state index in [0.717, 1.165) is 12.0 Å². The van der Waals surface area contributed by atoms with E-state index >= 15 is 4.79 Å².